The van der Waals surface area contributed by atoms with Gasteiger partial charge in [-0.1, -0.05) is 50.7 Å². The molecule has 0 spiro atoms. The van der Waals surface area contributed by atoms with E-state index in [-0.39, 0.29) is 29.3 Å². The molecule has 2 aliphatic heterocycles. The first-order valence-corrected chi connectivity index (χ1v) is 13.2. The summed E-state index contributed by atoms with van der Waals surface area (Å²) in [6, 6.07) is 0. The number of hydrogen-bond acceptors (Lipinski definition) is 3. The maximum absolute atomic E-state index is 13.2. The van der Waals surface area contributed by atoms with E-state index in [0.29, 0.717) is 25.3 Å². The van der Waals surface area contributed by atoms with Crippen molar-refractivity contribution in [2.45, 2.75) is 109 Å². The molecule has 0 radical (unpaired) electrons. The minimum absolute atomic E-state index is 0.218. The van der Waals surface area contributed by atoms with Gasteiger partial charge in [-0.2, -0.15) is 0 Å². The van der Waals surface area contributed by atoms with Crippen LogP contribution in [0.3, 0.4) is 0 Å². The molecule has 1 amide bonds. The average molecular weight is 430 g/mol. The molecule has 2 bridgehead atoms. The monoisotopic (exact) mass is 429 g/mol. The van der Waals surface area contributed by atoms with Crippen molar-refractivity contribution in [3.05, 3.63) is 12.2 Å². The predicted molar refractivity (Wildman–Crippen MR) is 125 cm³/mol. The van der Waals surface area contributed by atoms with Crippen molar-refractivity contribution in [3.8, 4) is 0 Å². The number of ketones is 2. The summed E-state index contributed by atoms with van der Waals surface area (Å²) >= 11 is 0. The Hall–Kier alpha value is -1.45. The molecule has 1 aliphatic carbocycles. The van der Waals surface area contributed by atoms with E-state index in [1.807, 2.05) is 4.90 Å². The van der Waals surface area contributed by atoms with E-state index in [4.69, 9.17) is 0 Å². The van der Waals surface area contributed by atoms with E-state index >= 15 is 0 Å². The Balaban J connectivity index is 1.64. The zero-order chi connectivity index (χ0) is 21.9. The summed E-state index contributed by atoms with van der Waals surface area (Å²) in [5.41, 5.74) is 0. The number of amides is 1. The van der Waals surface area contributed by atoms with Gasteiger partial charge in [-0.25, -0.2) is 0 Å². The molecule has 174 valence electrons. The summed E-state index contributed by atoms with van der Waals surface area (Å²) in [6.45, 7) is 1.43. The second kappa shape index (κ2) is 13.2. The third kappa shape index (κ3) is 7.57. The van der Waals surface area contributed by atoms with E-state index in [1.54, 1.807) is 0 Å². The molecule has 0 N–H and O–H groups in total. The SMILES string of the molecule is O=C1CCCCCCCC=CCCCCC2CCCN(C2)C(=O)C(=O)C2CCCCC12. The van der Waals surface area contributed by atoms with Crippen LogP contribution < -0.4 is 0 Å². The smallest absolute Gasteiger partial charge is 0.290 e. The van der Waals surface area contributed by atoms with Crippen molar-refractivity contribution in [2.75, 3.05) is 13.1 Å². The highest BCUT2D eigenvalue weighted by atomic mass is 16.2. The first-order chi connectivity index (χ1) is 15.2. The summed E-state index contributed by atoms with van der Waals surface area (Å²) in [4.78, 5) is 41.0. The second-order valence-corrected chi connectivity index (χ2v) is 10.1. The molecular formula is C27H43NO3. The molecule has 3 rings (SSSR count). The summed E-state index contributed by atoms with van der Waals surface area (Å²) in [7, 11) is 0. The van der Waals surface area contributed by atoms with Gasteiger partial charge in [0.25, 0.3) is 5.91 Å². The van der Waals surface area contributed by atoms with Gasteiger partial charge >= 0.3 is 0 Å². The fourth-order valence-corrected chi connectivity index (χ4v) is 5.84. The highest BCUT2D eigenvalue weighted by Gasteiger charge is 2.40. The number of carbonyl (C=O) groups excluding carboxylic acids is 3. The molecule has 31 heavy (non-hydrogen) atoms. The average Bonchev–Trinajstić information content (AvgIpc) is 2.80. The quantitative estimate of drug-likeness (QED) is 0.349. The number of Topliss-reactive ketones (excluding diaryl/α,β-unsaturated/α-hetero) is 2. The van der Waals surface area contributed by atoms with Crippen molar-refractivity contribution >= 4 is 17.5 Å². The predicted octanol–water partition coefficient (Wildman–Crippen LogP) is 6.03. The van der Waals surface area contributed by atoms with Crippen LogP contribution in [0.4, 0.5) is 0 Å². The lowest BCUT2D eigenvalue weighted by Gasteiger charge is -2.35. The highest BCUT2D eigenvalue weighted by molar-refractivity contribution is 6.37. The molecule has 3 aliphatic rings. The number of rotatable bonds is 0. The molecule has 1 saturated carbocycles. The normalized spacial score (nSPS) is 31.0. The van der Waals surface area contributed by atoms with E-state index in [9.17, 15) is 14.4 Å². The van der Waals surface area contributed by atoms with Gasteiger partial charge in [-0.15, -0.1) is 0 Å². The lowest BCUT2D eigenvalue weighted by atomic mass is 9.73. The Kier molecular flexibility index (Phi) is 10.3. The van der Waals surface area contributed by atoms with Crippen molar-refractivity contribution in [1.29, 1.82) is 0 Å². The van der Waals surface area contributed by atoms with Crippen molar-refractivity contribution in [1.82, 2.24) is 4.90 Å². The molecule has 4 nitrogen and oxygen atoms in total. The lowest BCUT2D eigenvalue weighted by Crippen LogP contribution is -2.47. The largest absolute Gasteiger partial charge is 0.336 e. The van der Waals surface area contributed by atoms with Crippen LogP contribution in [0.1, 0.15) is 109 Å². The van der Waals surface area contributed by atoms with Gasteiger partial charge in [0.05, 0.1) is 0 Å². The van der Waals surface area contributed by atoms with Crippen molar-refractivity contribution in [2.24, 2.45) is 17.8 Å². The fourth-order valence-electron chi connectivity index (χ4n) is 5.84. The zero-order valence-corrected chi connectivity index (χ0v) is 19.5. The molecule has 0 aromatic carbocycles. The maximum Gasteiger partial charge on any atom is 0.290 e. The molecular weight excluding hydrogens is 386 g/mol. The van der Waals surface area contributed by atoms with E-state index < -0.39 is 0 Å². The number of piperidine rings is 1. The fraction of sp³-hybridized carbons (Fsp3) is 0.815. The van der Waals surface area contributed by atoms with Crippen molar-refractivity contribution < 1.29 is 14.4 Å². The lowest BCUT2D eigenvalue weighted by molar-refractivity contribution is -0.150. The molecule has 0 aromatic rings. The van der Waals surface area contributed by atoms with E-state index in [1.165, 1.54) is 44.9 Å². The third-order valence-electron chi connectivity index (χ3n) is 7.73. The van der Waals surface area contributed by atoms with Crippen molar-refractivity contribution in [3.63, 3.8) is 0 Å². The van der Waals surface area contributed by atoms with Crippen LogP contribution in [-0.2, 0) is 14.4 Å². The van der Waals surface area contributed by atoms with Crippen LogP contribution in [0.15, 0.2) is 12.2 Å². The van der Waals surface area contributed by atoms with Gasteiger partial charge in [0.15, 0.2) is 0 Å². The van der Waals surface area contributed by atoms with Crippen LogP contribution in [0, 0.1) is 17.8 Å². The number of allylic oxidation sites excluding steroid dienone is 2. The van der Waals surface area contributed by atoms with Crippen LogP contribution in [0.5, 0.6) is 0 Å². The van der Waals surface area contributed by atoms with Gasteiger partial charge in [0, 0.05) is 31.3 Å². The van der Waals surface area contributed by atoms with Crippen LogP contribution >= 0.6 is 0 Å². The molecule has 0 aromatic heterocycles. The summed E-state index contributed by atoms with van der Waals surface area (Å²) in [5, 5.41) is 0. The van der Waals surface area contributed by atoms with E-state index in [0.717, 1.165) is 57.9 Å². The number of fused-ring (bicyclic) bond motifs is 3. The molecule has 1 saturated heterocycles. The van der Waals surface area contributed by atoms with Crippen LogP contribution in [0.25, 0.3) is 0 Å². The Labute approximate surface area is 189 Å². The Bertz CT molecular complexity index is 626. The maximum atomic E-state index is 13.2. The first kappa shape index (κ1) is 24.2. The number of nitrogens with zero attached hydrogens (tertiary/aromatic N) is 1. The molecule has 2 fully saturated rings. The molecule has 2 heterocycles. The van der Waals surface area contributed by atoms with E-state index in [2.05, 4.69) is 12.2 Å². The Morgan fingerprint density at radius 3 is 2.06 bits per heavy atom. The zero-order valence-electron chi connectivity index (χ0n) is 19.5. The van der Waals surface area contributed by atoms with Gasteiger partial charge in [-0.3, -0.25) is 14.4 Å². The molecule has 4 heteroatoms. The topological polar surface area (TPSA) is 54.5 Å². The number of carbonyl (C=O) groups is 3. The second-order valence-electron chi connectivity index (χ2n) is 10.1. The van der Waals surface area contributed by atoms with Crippen LogP contribution in [0.2, 0.25) is 0 Å². The summed E-state index contributed by atoms with van der Waals surface area (Å²) in [5.74, 6) is -0.402. The summed E-state index contributed by atoms with van der Waals surface area (Å²) < 4.78 is 0. The number of hydrogen-bond donors (Lipinski definition) is 0. The van der Waals surface area contributed by atoms with Gasteiger partial charge in [0.2, 0.25) is 5.78 Å². The van der Waals surface area contributed by atoms with Gasteiger partial charge in [0.1, 0.15) is 5.78 Å². The summed E-state index contributed by atoms with van der Waals surface area (Å²) in [6.07, 6.45) is 22.4. The minimum atomic E-state index is -0.366. The van der Waals surface area contributed by atoms with Gasteiger partial charge in [-0.05, 0) is 70.1 Å². The van der Waals surface area contributed by atoms with Crippen LogP contribution in [-0.4, -0.2) is 35.5 Å². The molecule has 3 atom stereocenters. The van der Waals surface area contributed by atoms with Gasteiger partial charge < -0.3 is 4.90 Å². The minimum Gasteiger partial charge on any atom is -0.336 e. The Morgan fingerprint density at radius 1 is 0.645 bits per heavy atom. The highest BCUT2D eigenvalue weighted by Crippen LogP contribution is 2.34. The molecule has 3 unspecified atom stereocenters. The third-order valence-corrected chi connectivity index (χ3v) is 7.73. The standard InChI is InChI=1S/C27H43NO3/c29-25-19-11-9-7-5-3-1-2-4-6-8-10-15-22-16-14-20-28(21-22)27(31)26(30)24-18-13-12-17-23(24)25/h2,4,22-24H,1,3,5-21H2. The Morgan fingerprint density at radius 2 is 1.26 bits per heavy atom. The first-order valence-electron chi connectivity index (χ1n) is 13.2.